The molecule has 0 radical (unpaired) electrons. The van der Waals surface area contributed by atoms with E-state index in [1.165, 1.54) is 0 Å². The quantitative estimate of drug-likeness (QED) is 0.862. The first-order valence-corrected chi connectivity index (χ1v) is 6.56. The van der Waals surface area contributed by atoms with Gasteiger partial charge in [-0.3, -0.25) is 0 Å². The molecule has 2 rings (SSSR count). The average Bonchev–Trinajstić information content (AvgIpc) is 2.69. The predicted molar refractivity (Wildman–Crippen MR) is 75.5 cm³/mol. The van der Waals surface area contributed by atoms with Gasteiger partial charge in [0.25, 0.3) is 0 Å². The number of nitrogens with zero attached hydrogens (tertiary/aromatic N) is 3. The minimum Gasteiger partial charge on any atom is -0.484 e. The molecule has 2 aromatic rings. The number of para-hydroxylation sites is 1. The van der Waals surface area contributed by atoms with Crippen LogP contribution in [0.4, 0.5) is 0 Å². The maximum atomic E-state index is 6.06. The molecule has 0 amide bonds. The SMILES string of the molecule is Cc1nc(COc2ccccc2Cl)n(C(C)(C)C)n1. The summed E-state index contributed by atoms with van der Waals surface area (Å²) in [6.07, 6.45) is 0. The molecule has 1 aromatic heterocycles. The molecule has 0 spiro atoms. The van der Waals surface area contributed by atoms with Crippen LogP contribution in [0.3, 0.4) is 0 Å². The highest BCUT2D eigenvalue weighted by Gasteiger charge is 2.20. The third-order valence-electron chi connectivity index (χ3n) is 2.61. The van der Waals surface area contributed by atoms with E-state index in [1.54, 1.807) is 6.07 Å². The fourth-order valence-corrected chi connectivity index (χ4v) is 1.98. The third kappa shape index (κ3) is 3.26. The summed E-state index contributed by atoms with van der Waals surface area (Å²) < 4.78 is 7.60. The summed E-state index contributed by atoms with van der Waals surface area (Å²) in [5.74, 6) is 2.20. The second-order valence-corrected chi connectivity index (χ2v) is 5.78. The van der Waals surface area contributed by atoms with Crippen molar-refractivity contribution in [2.24, 2.45) is 0 Å². The van der Waals surface area contributed by atoms with Crippen LogP contribution in [-0.4, -0.2) is 14.8 Å². The monoisotopic (exact) mass is 279 g/mol. The summed E-state index contributed by atoms with van der Waals surface area (Å²) in [6.45, 7) is 8.48. The van der Waals surface area contributed by atoms with Crippen molar-refractivity contribution in [3.05, 3.63) is 40.9 Å². The normalized spacial score (nSPS) is 11.6. The molecule has 0 saturated carbocycles. The van der Waals surface area contributed by atoms with Crippen molar-refractivity contribution in [2.75, 3.05) is 0 Å². The Kier molecular flexibility index (Phi) is 3.80. The van der Waals surface area contributed by atoms with E-state index in [0.29, 0.717) is 17.4 Å². The van der Waals surface area contributed by atoms with E-state index in [2.05, 4.69) is 30.9 Å². The lowest BCUT2D eigenvalue weighted by atomic mass is 10.1. The van der Waals surface area contributed by atoms with Crippen LogP contribution in [0, 0.1) is 6.92 Å². The van der Waals surface area contributed by atoms with E-state index < -0.39 is 0 Å². The molecule has 19 heavy (non-hydrogen) atoms. The average molecular weight is 280 g/mol. The standard InChI is InChI=1S/C14H18ClN3O/c1-10-16-13(18(17-10)14(2,3)4)9-19-12-8-6-5-7-11(12)15/h5-8H,9H2,1-4H3. The van der Waals surface area contributed by atoms with E-state index in [9.17, 15) is 0 Å². The fourth-order valence-electron chi connectivity index (χ4n) is 1.79. The zero-order valence-electron chi connectivity index (χ0n) is 11.6. The van der Waals surface area contributed by atoms with Crippen molar-refractivity contribution < 1.29 is 4.74 Å². The van der Waals surface area contributed by atoms with Crippen LogP contribution in [0.5, 0.6) is 5.75 Å². The Morgan fingerprint density at radius 2 is 1.95 bits per heavy atom. The van der Waals surface area contributed by atoms with Crippen LogP contribution in [0.1, 0.15) is 32.4 Å². The number of aromatic nitrogens is 3. The van der Waals surface area contributed by atoms with Gasteiger partial charge in [0.05, 0.1) is 10.6 Å². The molecular formula is C14H18ClN3O. The maximum absolute atomic E-state index is 6.06. The van der Waals surface area contributed by atoms with Crippen LogP contribution in [0.15, 0.2) is 24.3 Å². The molecule has 102 valence electrons. The summed E-state index contributed by atoms with van der Waals surface area (Å²) in [4.78, 5) is 4.41. The highest BCUT2D eigenvalue weighted by molar-refractivity contribution is 6.32. The molecule has 0 fully saturated rings. The van der Waals surface area contributed by atoms with Gasteiger partial charge in [0, 0.05) is 0 Å². The molecule has 4 nitrogen and oxygen atoms in total. The Bertz CT molecular complexity index is 572. The number of rotatable bonds is 3. The summed E-state index contributed by atoms with van der Waals surface area (Å²) in [6, 6.07) is 7.40. The first-order chi connectivity index (χ1) is 8.88. The van der Waals surface area contributed by atoms with Gasteiger partial charge in [-0.15, -0.1) is 0 Å². The van der Waals surface area contributed by atoms with Crippen LogP contribution in [0.2, 0.25) is 5.02 Å². The van der Waals surface area contributed by atoms with Crippen LogP contribution in [-0.2, 0) is 12.1 Å². The molecule has 1 aromatic carbocycles. The molecule has 0 bridgehead atoms. The molecule has 0 aliphatic rings. The molecule has 1 heterocycles. The summed E-state index contributed by atoms with van der Waals surface area (Å²) in [5, 5.41) is 5.01. The Balaban J connectivity index is 2.19. The van der Waals surface area contributed by atoms with Crippen LogP contribution >= 0.6 is 11.6 Å². The molecule has 0 atom stereocenters. The summed E-state index contributed by atoms with van der Waals surface area (Å²) in [7, 11) is 0. The van der Waals surface area contributed by atoms with Crippen molar-refractivity contribution in [3.63, 3.8) is 0 Å². The Hall–Kier alpha value is -1.55. The van der Waals surface area contributed by atoms with Gasteiger partial charge in [-0.2, -0.15) is 5.10 Å². The molecule has 0 aliphatic heterocycles. The highest BCUT2D eigenvalue weighted by atomic mass is 35.5. The van der Waals surface area contributed by atoms with E-state index >= 15 is 0 Å². The van der Waals surface area contributed by atoms with E-state index in [1.807, 2.05) is 29.8 Å². The fraction of sp³-hybridized carbons (Fsp3) is 0.429. The van der Waals surface area contributed by atoms with Crippen LogP contribution in [0.25, 0.3) is 0 Å². The first-order valence-electron chi connectivity index (χ1n) is 6.18. The van der Waals surface area contributed by atoms with Gasteiger partial charge in [0.1, 0.15) is 18.2 Å². The second kappa shape index (κ2) is 5.21. The minimum absolute atomic E-state index is 0.125. The number of halogens is 1. The van der Waals surface area contributed by atoms with Crippen molar-refractivity contribution in [1.82, 2.24) is 14.8 Å². The predicted octanol–water partition coefficient (Wildman–Crippen LogP) is 3.57. The van der Waals surface area contributed by atoms with Crippen molar-refractivity contribution >= 4 is 11.6 Å². The van der Waals surface area contributed by atoms with Gasteiger partial charge in [0.2, 0.25) is 0 Å². The van der Waals surface area contributed by atoms with Gasteiger partial charge in [-0.05, 0) is 39.8 Å². The number of benzene rings is 1. The third-order valence-corrected chi connectivity index (χ3v) is 2.92. The molecule has 0 aliphatic carbocycles. The maximum Gasteiger partial charge on any atom is 0.165 e. The van der Waals surface area contributed by atoms with E-state index in [4.69, 9.17) is 16.3 Å². The van der Waals surface area contributed by atoms with Gasteiger partial charge in [-0.25, -0.2) is 9.67 Å². The van der Waals surface area contributed by atoms with Gasteiger partial charge >= 0.3 is 0 Å². The molecule has 0 N–H and O–H groups in total. The zero-order valence-corrected chi connectivity index (χ0v) is 12.4. The molecule has 0 unspecified atom stereocenters. The number of ether oxygens (including phenoxy) is 1. The van der Waals surface area contributed by atoms with Crippen molar-refractivity contribution in [3.8, 4) is 5.75 Å². The number of hydrogen-bond donors (Lipinski definition) is 0. The van der Waals surface area contributed by atoms with Gasteiger partial charge in [0.15, 0.2) is 5.82 Å². The minimum atomic E-state index is -0.125. The van der Waals surface area contributed by atoms with Crippen molar-refractivity contribution in [2.45, 2.75) is 39.8 Å². The lowest BCUT2D eigenvalue weighted by Gasteiger charge is -2.21. The Morgan fingerprint density at radius 1 is 1.26 bits per heavy atom. The molecule has 5 heteroatoms. The first kappa shape index (κ1) is 13.9. The zero-order chi connectivity index (χ0) is 14.0. The lowest BCUT2D eigenvalue weighted by Crippen LogP contribution is -2.26. The number of aryl methyl sites for hydroxylation is 1. The van der Waals surface area contributed by atoms with E-state index in [-0.39, 0.29) is 5.54 Å². The largest absolute Gasteiger partial charge is 0.484 e. The van der Waals surface area contributed by atoms with Crippen LogP contribution < -0.4 is 4.74 Å². The van der Waals surface area contributed by atoms with E-state index in [0.717, 1.165) is 11.6 Å². The lowest BCUT2D eigenvalue weighted by molar-refractivity contribution is 0.260. The summed E-state index contributed by atoms with van der Waals surface area (Å²) >= 11 is 6.06. The van der Waals surface area contributed by atoms with Gasteiger partial charge < -0.3 is 4.74 Å². The smallest absolute Gasteiger partial charge is 0.165 e. The number of hydrogen-bond acceptors (Lipinski definition) is 3. The van der Waals surface area contributed by atoms with Gasteiger partial charge in [-0.1, -0.05) is 23.7 Å². The molecular weight excluding hydrogens is 262 g/mol. The summed E-state index contributed by atoms with van der Waals surface area (Å²) in [5.41, 5.74) is -0.125. The second-order valence-electron chi connectivity index (χ2n) is 5.38. The Labute approximate surface area is 118 Å². The topological polar surface area (TPSA) is 39.9 Å². The molecule has 0 saturated heterocycles. The van der Waals surface area contributed by atoms with Crippen molar-refractivity contribution in [1.29, 1.82) is 0 Å². The highest BCUT2D eigenvalue weighted by Crippen LogP contribution is 2.24. The Morgan fingerprint density at radius 3 is 2.58 bits per heavy atom.